The first-order valence-corrected chi connectivity index (χ1v) is 26.1. The fourth-order valence-corrected chi connectivity index (χ4v) is 6.68. The third-order valence-corrected chi connectivity index (χ3v) is 10.5. The number of carbonyl (C=O) groups excluding carboxylic acids is 3. The van der Waals surface area contributed by atoms with Crippen LogP contribution < -0.4 is 0 Å². The molecule has 65 heavy (non-hydrogen) atoms. The average molecular weight is 899 g/mol. The molecular formula is C59H94O6. The zero-order valence-electron chi connectivity index (χ0n) is 41.7. The van der Waals surface area contributed by atoms with Gasteiger partial charge >= 0.3 is 17.9 Å². The van der Waals surface area contributed by atoms with Gasteiger partial charge in [0.2, 0.25) is 0 Å². The third-order valence-electron chi connectivity index (χ3n) is 10.5. The molecule has 0 aliphatic carbocycles. The molecule has 0 aromatic carbocycles. The van der Waals surface area contributed by atoms with Crippen molar-refractivity contribution in [2.45, 2.75) is 219 Å². The lowest BCUT2D eigenvalue weighted by Gasteiger charge is -2.18. The second kappa shape index (κ2) is 52.4. The summed E-state index contributed by atoms with van der Waals surface area (Å²) in [5, 5.41) is 0. The molecule has 0 aromatic heterocycles. The highest BCUT2D eigenvalue weighted by Crippen LogP contribution is 2.13. The second-order valence-electron chi connectivity index (χ2n) is 16.7. The van der Waals surface area contributed by atoms with Crippen LogP contribution in [0, 0.1) is 0 Å². The van der Waals surface area contributed by atoms with Crippen LogP contribution in [-0.4, -0.2) is 37.2 Å². The predicted octanol–water partition coefficient (Wildman–Crippen LogP) is 17.3. The summed E-state index contributed by atoms with van der Waals surface area (Å²) in [5.74, 6) is -0.967. The average Bonchev–Trinajstić information content (AvgIpc) is 3.30. The Morgan fingerprint density at radius 2 is 0.631 bits per heavy atom. The molecule has 0 saturated carbocycles. The lowest BCUT2D eigenvalue weighted by Crippen LogP contribution is -2.30. The van der Waals surface area contributed by atoms with Gasteiger partial charge in [-0.2, -0.15) is 0 Å². The molecule has 0 rings (SSSR count). The second-order valence-corrected chi connectivity index (χ2v) is 16.7. The fraction of sp³-hybridized carbons (Fsp3) is 0.610. The van der Waals surface area contributed by atoms with Crippen LogP contribution >= 0.6 is 0 Å². The minimum Gasteiger partial charge on any atom is -0.462 e. The van der Waals surface area contributed by atoms with E-state index in [9.17, 15) is 14.4 Å². The lowest BCUT2D eigenvalue weighted by atomic mass is 10.1. The van der Waals surface area contributed by atoms with Crippen LogP contribution in [0.3, 0.4) is 0 Å². The summed E-state index contributed by atoms with van der Waals surface area (Å²) in [4.78, 5) is 38.0. The summed E-state index contributed by atoms with van der Waals surface area (Å²) in [6.07, 6.45) is 71.8. The summed E-state index contributed by atoms with van der Waals surface area (Å²) >= 11 is 0. The van der Waals surface area contributed by atoms with Crippen molar-refractivity contribution in [3.8, 4) is 0 Å². The molecule has 0 radical (unpaired) electrons. The van der Waals surface area contributed by atoms with Crippen molar-refractivity contribution in [3.05, 3.63) is 122 Å². The van der Waals surface area contributed by atoms with E-state index in [-0.39, 0.29) is 31.1 Å². The SMILES string of the molecule is CC\C=C/C=C\C=C/CCCCCCCCCC(=O)OCC(COC(=O)CCCCC/C=C\C/C=C\C/C=C\C/C=C\CC)OC(=O)CCCCCCCC/C=C\C/C=C\C/C=C\CC. The van der Waals surface area contributed by atoms with Crippen LogP contribution in [0.1, 0.15) is 213 Å². The van der Waals surface area contributed by atoms with Gasteiger partial charge in [-0.1, -0.05) is 206 Å². The first-order chi connectivity index (χ1) is 32.0. The molecule has 0 aliphatic rings. The standard InChI is InChI=1S/C59H94O6/c1-4-7-10-13-16-19-22-25-28-31-34-37-40-43-46-49-52-58(61)64-55-56(54-63-57(60)51-48-45-42-39-36-33-30-27-24-21-18-15-12-9-6-3)65-59(62)53-50-47-44-41-38-35-32-29-26-23-20-17-14-11-8-5-2/h7-12,15-21,24-26,28-29,34,37,56H,4-6,13-14,22-23,27,30-33,35-36,38-55H2,1-3H3/b10-7-,11-8-,12-9-,18-15-,19-16-,20-17-,24-21-,28-25-,29-26-,37-34-. The molecule has 1 unspecified atom stereocenters. The molecule has 6 nitrogen and oxygen atoms in total. The monoisotopic (exact) mass is 899 g/mol. The Hall–Kier alpha value is -4.19. The van der Waals surface area contributed by atoms with E-state index >= 15 is 0 Å². The highest BCUT2D eigenvalue weighted by molar-refractivity contribution is 5.71. The van der Waals surface area contributed by atoms with E-state index in [0.29, 0.717) is 19.3 Å². The van der Waals surface area contributed by atoms with Gasteiger partial charge in [0.05, 0.1) is 0 Å². The predicted molar refractivity (Wildman–Crippen MR) is 279 cm³/mol. The van der Waals surface area contributed by atoms with Crippen molar-refractivity contribution in [1.29, 1.82) is 0 Å². The number of allylic oxidation sites excluding steroid dienone is 20. The van der Waals surface area contributed by atoms with Gasteiger partial charge in [0, 0.05) is 19.3 Å². The first kappa shape index (κ1) is 60.8. The first-order valence-electron chi connectivity index (χ1n) is 26.1. The number of ether oxygens (including phenoxy) is 3. The third kappa shape index (κ3) is 50.7. The molecule has 0 aliphatic heterocycles. The van der Waals surface area contributed by atoms with E-state index in [2.05, 4.69) is 142 Å². The molecular weight excluding hydrogens is 805 g/mol. The van der Waals surface area contributed by atoms with Crippen LogP contribution in [0.25, 0.3) is 0 Å². The van der Waals surface area contributed by atoms with E-state index in [1.807, 2.05) is 0 Å². The molecule has 0 fully saturated rings. The Morgan fingerprint density at radius 3 is 1.05 bits per heavy atom. The summed E-state index contributed by atoms with van der Waals surface area (Å²) in [6.45, 7) is 6.22. The maximum atomic E-state index is 12.8. The van der Waals surface area contributed by atoms with Crippen LogP contribution in [0.2, 0.25) is 0 Å². The number of carbonyl (C=O) groups is 3. The summed E-state index contributed by atoms with van der Waals surface area (Å²) < 4.78 is 16.8. The minimum absolute atomic E-state index is 0.104. The highest BCUT2D eigenvalue weighted by atomic mass is 16.6. The van der Waals surface area contributed by atoms with Gasteiger partial charge in [0.25, 0.3) is 0 Å². The molecule has 6 heteroatoms. The Morgan fingerprint density at radius 1 is 0.323 bits per heavy atom. The number of hydrogen-bond acceptors (Lipinski definition) is 6. The molecule has 0 aromatic rings. The van der Waals surface area contributed by atoms with Crippen molar-refractivity contribution in [2.24, 2.45) is 0 Å². The molecule has 0 spiro atoms. The van der Waals surface area contributed by atoms with Crippen molar-refractivity contribution in [1.82, 2.24) is 0 Å². The van der Waals surface area contributed by atoms with E-state index in [4.69, 9.17) is 14.2 Å². The Balaban J connectivity index is 4.51. The van der Waals surface area contributed by atoms with Crippen molar-refractivity contribution in [3.63, 3.8) is 0 Å². The molecule has 0 bridgehead atoms. The van der Waals surface area contributed by atoms with Crippen molar-refractivity contribution in [2.75, 3.05) is 13.2 Å². The topological polar surface area (TPSA) is 78.9 Å². The molecule has 0 heterocycles. The Labute approximate surface area is 399 Å². The zero-order valence-corrected chi connectivity index (χ0v) is 41.7. The van der Waals surface area contributed by atoms with Crippen molar-refractivity contribution >= 4 is 17.9 Å². The van der Waals surface area contributed by atoms with E-state index < -0.39 is 6.10 Å². The number of hydrogen-bond donors (Lipinski definition) is 0. The summed E-state index contributed by atoms with van der Waals surface area (Å²) in [7, 11) is 0. The number of unbranched alkanes of at least 4 members (excludes halogenated alkanes) is 16. The Bertz CT molecular complexity index is 1400. The van der Waals surface area contributed by atoms with Crippen LogP contribution in [0.5, 0.6) is 0 Å². The van der Waals surface area contributed by atoms with E-state index in [0.717, 1.165) is 135 Å². The van der Waals surface area contributed by atoms with E-state index in [1.54, 1.807) is 0 Å². The van der Waals surface area contributed by atoms with Gasteiger partial charge in [-0.05, 0) is 109 Å². The molecule has 1 atom stereocenters. The van der Waals surface area contributed by atoms with E-state index in [1.165, 1.54) is 38.5 Å². The van der Waals surface area contributed by atoms with Crippen molar-refractivity contribution < 1.29 is 28.6 Å². The maximum Gasteiger partial charge on any atom is 0.306 e. The largest absolute Gasteiger partial charge is 0.462 e. The smallest absolute Gasteiger partial charge is 0.306 e. The number of esters is 3. The van der Waals surface area contributed by atoms with Gasteiger partial charge in [-0.25, -0.2) is 0 Å². The summed E-state index contributed by atoms with van der Waals surface area (Å²) in [6, 6.07) is 0. The van der Waals surface area contributed by atoms with Gasteiger partial charge < -0.3 is 14.2 Å². The van der Waals surface area contributed by atoms with Crippen LogP contribution in [0.4, 0.5) is 0 Å². The molecule has 0 saturated heterocycles. The maximum absolute atomic E-state index is 12.8. The summed E-state index contributed by atoms with van der Waals surface area (Å²) in [5.41, 5.74) is 0. The fourth-order valence-electron chi connectivity index (χ4n) is 6.68. The zero-order chi connectivity index (χ0) is 47.2. The van der Waals surface area contributed by atoms with Gasteiger partial charge in [-0.3, -0.25) is 14.4 Å². The minimum atomic E-state index is -0.807. The molecule has 0 N–H and O–H groups in total. The van der Waals surface area contributed by atoms with Gasteiger partial charge in [0.1, 0.15) is 13.2 Å². The highest BCUT2D eigenvalue weighted by Gasteiger charge is 2.19. The van der Waals surface area contributed by atoms with Gasteiger partial charge in [0.15, 0.2) is 6.10 Å². The lowest BCUT2D eigenvalue weighted by molar-refractivity contribution is -0.167. The Kier molecular flexibility index (Phi) is 49.1. The molecule has 0 amide bonds. The molecule has 366 valence electrons. The number of rotatable bonds is 45. The van der Waals surface area contributed by atoms with Crippen LogP contribution in [-0.2, 0) is 28.6 Å². The quantitative estimate of drug-likeness (QED) is 0.0199. The van der Waals surface area contributed by atoms with Crippen LogP contribution in [0.15, 0.2) is 122 Å². The van der Waals surface area contributed by atoms with Gasteiger partial charge in [-0.15, -0.1) is 0 Å². The normalized spacial score (nSPS) is 13.1.